The molecule has 5 nitrogen and oxygen atoms in total. The first-order valence-electron chi connectivity index (χ1n) is 5.15. The minimum atomic E-state index is -1.03. The van der Waals surface area contributed by atoms with Crippen LogP contribution in [0.15, 0.2) is 29.1 Å². The van der Waals surface area contributed by atoms with E-state index in [1.54, 1.807) is 13.0 Å². The number of carbonyl (C=O) groups is 1. The normalized spacial score (nSPS) is 10.4. The van der Waals surface area contributed by atoms with Crippen LogP contribution in [-0.4, -0.2) is 22.7 Å². The Balaban J connectivity index is 2.76. The number of carboxylic acid groups (broad SMARTS) is 1. The predicted octanol–water partition coefficient (Wildman–Crippen LogP) is 1.62. The predicted molar refractivity (Wildman–Crippen MR) is 62.7 cm³/mol. The number of H-pyrrole nitrogens is 1. The zero-order valence-corrected chi connectivity index (χ0v) is 9.19. The van der Waals surface area contributed by atoms with E-state index in [4.69, 9.17) is 9.84 Å². The number of hydrogen-bond donors (Lipinski definition) is 2. The maximum atomic E-state index is 11.2. The lowest BCUT2D eigenvalue weighted by molar-refractivity contribution is 0.0696. The summed E-state index contributed by atoms with van der Waals surface area (Å²) < 4.78 is 5.33. The summed E-state index contributed by atoms with van der Waals surface area (Å²) >= 11 is 0. The number of benzene rings is 1. The Kier molecular flexibility index (Phi) is 2.82. The summed E-state index contributed by atoms with van der Waals surface area (Å²) in [6.45, 7) is 2.19. The van der Waals surface area contributed by atoms with Crippen LogP contribution < -0.4 is 10.3 Å². The summed E-state index contributed by atoms with van der Waals surface area (Å²) in [6, 6.07) is 5.83. The topological polar surface area (TPSA) is 79.4 Å². The third-order valence-corrected chi connectivity index (χ3v) is 2.34. The van der Waals surface area contributed by atoms with Crippen LogP contribution in [-0.2, 0) is 0 Å². The molecule has 17 heavy (non-hydrogen) atoms. The van der Waals surface area contributed by atoms with Gasteiger partial charge in [-0.2, -0.15) is 0 Å². The van der Waals surface area contributed by atoms with Gasteiger partial charge in [-0.3, -0.25) is 4.79 Å². The van der Waals surface area contributed by atoms with E-state index in [0.29, 0.717) is 23.3 Å². The van der Waals surface area contributed by atoms with Gasteiger partial charge in [0.25, 0.3) is 0 Å². The van der Waals surface area contributed by atoms with Crippen molar-refractivity contribution in [1.82, 2.24) is 4.98 Å². The molecule has 0 bridgehead atoms. The Hall–Kier alpha value is -2.30. The number of nitrogens with one attached hydrogen (secondary N) is 1. The SMILES string of the molecule is CCOc1cc(C(=O)O)cc2ccc(=O)[nH]c12. The van der Waals surface area contributed by atoms with Gasteiger partial charge in [0.1, 0.15) is 5.75 Å². The number of aromatic nitrogens is 1. The number of aromatic carboxylic acids is 1. The van der Waals surface area contributed by atoms with Crippen LogP contribution in [0.25, 0.3) is 10.9 Å². The number of ether oxygens (including phenoxy) is 1. The van der Waals surface area contributed by atoms with E-state index >= 15 is 0 Å². The van der Waals surface area contributed by atoms with Crippen molar-refractivity contribution < 1.29 is 14.6 Å². The van der Waals surface area contributed by atoms with Gasteiger partial charge in [0.2, 0.25) is 5.56 Å². The molecule has 2 rings (SSSR count). The standard InChI is InChI=1S/C12H11NO4/c1-2-17-9-6-8(12(15)16)5-7-3-4-10(14)13-11(7)9/h3-6H,2H2,1H3,(H,13,14)(H,15,16). The summed E-state index contributed by atoms with van der Waals surface area (Å²) in [7, 11) is 0. The third-order valence-electron chi connectivity index (χ3n) is 2.34. The summed E-state index contributed by atoms with van der Waals surface area (Å²) in [5.41, 5.74) is 0.402. The van der Waals surface area contributed by atoms with Crippen molar-refractivity contribution in [3.8, 4) is 5.75 Å². The zero-order valence-electron chi connectivity index (χ0n) is 9.19. The second-order valence-electron chi connectivity index (χ2n) is 3.50. The molecule has 2 N–H and O–H groups in total. The molecule has 1 heterocycles. The number of rotatable bonds is 3. The number of fused-ring (bicyclic) bond motifs is 1. The zero-order chi connectivity index (χ0) is 12.4. The van der Waals surface area contributed by atoms with E-state index < -0.39 is 5.97 Å². The first-order chi connectivity index (χ1) is 8.11. The van der Waals surface area contributed by atoms with Gasteiger partial charge in [-0.15, -0.1) is 0 Å². The number of hydrogen-bond acceptors (Lipinski definition) is 3. The maximum absolute atomic E-state index is 11.2. The second-order valence-corrected chi connectivity index (χ2v) is 3.50. The molecule has 2 aromatic rings. The van der Waals surface area contributed by atoms with Gasteiger partial charge in [-0.1, -0.05) is 0 Å². The molecule has 5 heteroatoms. The van der Waals surface area contributed by atoms with Gasteiger partial charge in [-0.25, -0.2) is 4.79 Å². The highest BCUT2D eigenvalue weighted by molar-refractivity contribution is 5.95. The number of carboxylic acids is 1. The average molecular weight is 233 g/mol. The molecule has 0 radical (unpaired) electrons. The van der Waals surface area contributed by atoms with Crippen LogP contribution >= 0.6 is 0 Å². The maximum Gasteiger partial charge on any atom is 0.335 e. The number of pyridine rings is 1. The Morgan fingerprint density at radius 2 is 2.18 bits per heavy atom. The van der Waals surface area contributed by atoms with Crippen LogP contribution in [0.2, 0.25) is 0 Å². The van der Waals surface area contributed by atoms with Crippen molar-refractivity contribution in [2.45, 2.75) is 6.92 Å². The Labute approximate surface area is 96.7 Å². The van der Waals surface area contributed by atoms with Crippen molar-refractivity contribution in [1.29, 1.82) is 0 Å². The first kappa shape index (κ1) is 11.2. The highest BCUT2D eigenvalue weighted by Crippen LogP contribution is 2.25. The van der Waals surface area contributed by atoms with Gasteiger partial charge < -0.3 is 14.8 Å². The molecule has 88 valence electrons. The Morgan fingerprint density at radius 1 is 1.41 bits per heavy atom. The van der Waals surface area contributed by atoms with Crippen molar-refractivity contribution in [3.63, 3.8) is 0 Å². The molecule has 0 fully saturated rings. The lowest BCUT2D eigenvalue weighted by atomic mass is 10.1. The van der Waals surface area contributed by atoms with Gasteiger partial charge in [0, 0.05) is 11.5 Å². The fourth-order valence-electron chi connectivity index (χ4n) is 1.63. The molecule has 0 saturated heterocycles. The van der Waals surface area contributed by atoms with Crippen LogP contribution in [0.4, 0.5) is 0 Å². The number of aromatic amines is 1. The minimum absolute atomic E-state index is 0.132. The summed E-state index contributed by atoms with van der Waals surface area (Å²) in [5.74, 6) is -0.654. The van der Waals surface area contributed by atoms with E-state index in [1.165, 1.54) is 18.2 Å². The van der Waals surface area contributed by atoms with Crippen molar-refractivity contribution in [2.24, 2.45) is 0 Å². The average Bonchev–Trinajstić information content (AvgIpc) is 2.29. The van der Waals surface area contributed by atoms with E-state index in [1.807, 2.05) is 0 Å². The summed E-state index contributed by atoms with van der Waals surface area (Å²) in [5, 5.41) is 9.60. The molecule has 0 aliphatic rings. The highest BCUT2D eigenvalue weighted by Gasteiger charge is 2.10. The van der Waals surface area contributed by atoms with E-state index in [2.05, 4.69) is 4.98 Å². The highest BCUT2D eigenvalue weighted by atomic mass is 16.5. The molecule has 0 unspecified atom stereocenters. The fraction of sp³-hybridized carbons (Fsp3) is 0.167. The smallest absolute Gasteiger partial charge is 0.335 e. The van der Waals surface area contributed by atoms with Gasteiger partial charge in [-0.05, 0) is 25.1 Å². The van der Waals surface area contributed by atoms with Gasteiger partial charge >= 0.3 is 5.97 Å². The first-order valence-corrected chi connectivity index (χ1v) is 5.15. The van der Waals surface area contributed by atoms with Crippen molar-refractivity contribution >= 4 is 16.9 Å². The van der Waals surface area contributed by atoms with Crippen LogP contribution in [0.3, 0.4) is 0 Å². The van der Waals surface area contributed by atoms with Gasteiger partial charge in [0.15, 0.2) is 0 Å². The molecular weight excluding hydrogens is 222 g/mol. The van der Waals surface area contributed by atoms with Crippen LogP contribution in [0.1, 0.15) is 17.3 Å². The molecule has 0 amide bonds. The molecule has 1 aromatic carbocycles. The largest absolute Gasteiger partial charge is 0.492 e. The molecule has 0 aliphatic carbocycles. The van der Waals surface area contributed by atoms with Gasteiger partial charge in [0.05, 0.1) is 17.7 Å². The van der Waals surface area contributed by atoms with E-state index in [9.17, 15) is 9.59 Å². The lowest BCUT2D eigenvalue weighted by Crippen LogP contribution is -2.06. The molecule has 0 saturated carbocycles. The molecule has 0 atom stereocenters. The Morgan fingerprint density at radius 3 is 2.82 bits per heavy atom. The molecule has 0 spiro atoms. The van der Waals surface area contributed by atoms with Crippen molar-refractivity contribution in [3.05, 3.63) is 40.2 Å². The minimum Gasteiger partial charge on any atom is -0.492 e. The quantitative estimate of drug-likeness (QED) is 0.844. The molecule has 0 aliphatic heterocycles. The molecule has 1 aromatic heterocycles. The van der Waals surface area contributed by atoms with E-state index in [-0.39, 0.29) is 11.1 Å². The summed E-state index contributed by atoms with van der Waals surface area (Å²) in [6.07, 6.45) is 0. The lowest BCUT2D eigenvalue weighted by Gasteiger charge is -2.08. The third kappa shape index (κ3) is 2.13. The molecular formula is C12H11NO4. The van der Waals surface area contributed by atoms with Crippen LogP contribution in [0, 0.1) is 0 Å². The van der Waals surface area contributed by atoms with Crippen LogP contribution in [0.5, 0.6) is 5.75 Å². The monoisotopic (exact) mass is 233 g/mol. The summed E-state index contributed by atoms with van der Waals surface area (Å²) in [4.78, 5) is 24.8. The Bertz CT molecular complexity index is 630. The second kappa shape index (κ2) is 4.29. The van der Waals surface area contributed by atoms with E-state index in [0.717, 1.165) is 0 Å². The fourth-order valence-corrected chi connectivity index (χ4v) is 1.63. The van der Waals surface area contributed by atoms with Crippen molar-refractivity contribution in [2.75, 3.05) is 6.61 Å².